The van der Waals surface area contributed by atoms with Gasteiger partial charge in [-0.25, -0.2) is 10.2 Å². The lowest BCUT2D eigenvalue weighted by Crippen LogP contribution is -2.47. The number of rotatable bonds is 12. The molecule has 0 aromatic heterocycles. The Morgan fingerprint density at radius 1 is 1.03 bits per heavy atom. The molecule has 0 aliphatic rings. The van der Waals surface area contributed by atoms with Crippen molar-refractivity contribution in [2.24, 2.45) is 11.0 Å². The molecular weight excluding hydrogens is 438 g/mol. The van der Waals surface area contributed by atoms with Crippen LogP contribution in [-0.2, 0) is 19.1 Å². The van der Waals surface area contributed by atoms with Gasteiger partial charge < -0.3 is 19.5 Å². The second kappa shape index (κ2) is 13.6. The number of esters is 1. The van der Waals surface area contributed by atoms with E-state index in [0.717, 1.165) is 5.56 Å². The van der Waals surface area contributed by atoms with Gasteiger partial charge in [0.15, 0.2) is 13.2 Å². The van der Waals surface area contributed by atoms with Crippen LogP contribution in [0.25, 0.3) is 0 Å². The Balaban J connectivity index is 1.92. The average Bonchev–Trinajstić information content (AvgIpc) is 2.81. The summed E-state index contributed by atoms with van der Waals surface area (Å²) in [6.45, 7) is 5.40. The molecule has 182 valence electrons. The fourth-order valence-electron chi connectivity index (χ4n) is 2.93. The van der Waals surface area contributed by atoms with E-state index in [-0.39, 0.29) is 19.1 Å². The van der Waals surface area contributed by atoms with Crippen molar-refractivity contribution in [3.63, 3.8) is 0 Å². The van der Waals surface area contributed by atoms with Crippen LogP contribution >= 0.6 is 0 Å². The number of hydrogen-bond acceptors (Lipinski definition) is 7. The summed E-state index contributed by atoms with van der Waals surface area (Å²) < 4.78 is 15.4. The van der Waals surface area contributed by atoms with Crippen LogP contribution in [0.3, 0.4) is 0 Å². The number of aryl methyl sites for hydroxylation is 1. The minimum atomic E-state index is -0.764. The summed E-state index contributed by atoms with van der Waals surface area (Å²) in [4.78, 5) is 36.2. The highest BCUT2D eigenvalue weighted by Crippen LogP contribution is 2.16. The van der Waals surface area contributed by atoms with Crippen LogP contribution < -0.4 is 20.2 Å². The number of carbonyl (C=O) groups excluding carboxylic acids is 3. The van der Waals surface area contributed by atoms with E-state index >= 15 is 0 Å². The quantitative estimate of drug-likeness (QED) is 0.281. The first-order valence-electron chi connectivity index (χ1n) is 10.9. The van der Waals surface area contributed by atoms with E-state index in [1.807, 2.05) is 39.0 Å². The summed E-state index contributed by atoms with van der Waals surface area (Å²) in [6, 6.07) is 13.5. The molecule has 2 aromatic rings. The largest absolute Gasteiger partial charge is 0.484 e. The molecular formula is C25H31N3O6. The van der Waals surface area contributed by atoms with Crippen LogP contribution in [0.15, 0.2) is 53.6 Å². The topological polar surface area (TPSA) is 115 Å². The molecule has 0 heterocycles. The lowest BCUT2D eigenvalue weighted by molar-refractivity contribution is -0.142. The standard InChI is InChI=1S/C25H31N3O6/c1-17(2)12-21(27-23(29)15-34-22-11-6-5-8-18(22)3)25(31)28-26-14-19-9-7-10-20(13-19)33-16-24(30)32-4/h5-11,13-14,17,21H,12,15-16H2,1-4H3,(H,27,29)(H,28,31)/b26-14-/t21-/m0/s1. The Morgan fingerprint density at radius 2 is 1.79 bits per heavy atom. The summed E-state index contributed by atoms with van der Waals surface area (Å²) in [7, 11) is 1.28. The second-order valence-corrected chi connectivity index (χ2v) is 7.98. The maximum Gasteiger partial charge on any atom is 0.343 e. The van der Waals surface area contributed by atoms with Crippen LogP contribution in [0, 0.1) is 12.8 Å². The van der Waals surface area contributed by atoms with Crippen LogP contribution in [0.1, 0.15) is 31.4 Å². The van der Waals surface area contributed by atoms with Crippen LogP contribution in [0.2, 0.25) is 0 Å². The highest BCUT2D eigenvalue weighted by molar-refractivity contribution is 5.89. The van der Waals surface area contributed by atoms with E-state index in [1.54, 1.807) is 30.3 Å². The molecule has 9 nitrogen and oxygen atoms in total. The van der Waals surface area contributed by atoms with Crippen molar-refractivity contribution < 1.29 is 28.6 Å². The number of amides is 2. The van der Waals surface area contributed by atoms with E-state index in [4.69, 9.17) is 9.47 Å². The molecule has 0 unspecified atom stereocenters. The van der Waals surface area contributed by atoms with Crippen molar-refractivity contribution in [1.82, 2.24) is 10.7 Å². The molecule has 0 radical (unpaired) electrons. The van der Waals surface area contributed by atoms with E-state index in [2.05, 4.69) is 20.6 Å². The zero-order valence-corrected chi connectivity index (χ0v) is 19.9. The van der Waals surface area contributed by atoms with Gasteiger partial charge in [-0.15, -0.1) is 0 Å². The molecule has 9 heteroatoms. The van der Waals surface area contributed by atoms with Gasteiger partial charge in [-0.05, 0) is 48.6 Å². The highest BCUT2D eigenvalue weighted by atomic mass is 16.6. The van der Waals surface area contributed by atoms with Crippen LogP contribution in [0.4, 0.5) is 0 Å². The smallest absolute Gasteiger partial charge is 0.343 e. The van der Waals surface area contributed by atoms with Gasteiger partial charge in [0, 0.05) is 0 Å². The van der Waals surface area contributed by atoms with Crippen LogP contribution in [0.5, 0.6) is 11.5 Å². The third kappa shape index (κ3) is 9.32. The Bertz CT molecular complexity index is 1010. The van der Waals surface area contributed by atoms with Gasteiger partial charge in [0.1, 0.15) is 17.5 Å². The second-order valence-electron chi connectivity index (χ2n) is 7.98. The van der Waals surface area contributed by atoms with Crippen molar-refractivity contribution in [2.45, 2.75) is 33.2 Å². The fourth-order valence-corrected chi connectivity index (χ4v) is 2.93. The minimum absolute atomic E-state index is 0.168. The van der Waals surface area contributed by atoms with Crippen molar-refractivity contribution in [1.29, 1.82) is 0 Å². The maximum atomic E-state index is 12.7. The number of ether oxygens (including phenoxy) is 3. The molecule has 0 fully saturated rings. The molecule has 34 heavy (non-hydrogen) atoms. The number of nitrogens with zero attached hydrogens (tertiary/aromatic N) is 1. The number of nitrogens with one attached hydrogen (secondary N) is 2. The van der Waals surface area contributed by atoms with Gasteiger partial charge >= 0.3 is 5.97 Å². The normalized spacial score (nSPS) is 11.7. The minimum Gasteiger partial charge on any atom is -0.484 e. The number of benzene rings is 2. The van der Waals surface area contributed by atoms with Crippen molar-refractivity contribution >= 4 is 24.0 Å². The number of methoxy groups -OCH3 is 1. The van der Waals surface area contributed by atoms with Crippen molar-refractivity contribution in [2.75, 3.05) is 20.3 Å². The number of hydrazone groups is 1. The van der Waals surface area contributed by atoms with Gasteiger partial charge in [0.05, 0.1) is 13.3 Å². The van der Waals surface area contributed by atoms with Gasteiger partial charge in [-0.2, -0.15) is 5.10 Å². The molecule has 0 aliphatic carbocycles. The maximum absolute atomic E-state index is 12.7. The predicted molar refractivity (Wildman–Crippen MR) is 128 cm³/mol. The van der Waals surface area contributed by atoms with Gasteiger partial charge in [-0.1, -0.05) is 44.2 Å². The molecule has 2 N–H and O–H groups in total. The predicted octanol–water partition coefficient (Wildman–Crippen LogP) is 2.61. The molecule has 0 saturated heterocycles. The molecule has 0 spiro atoms. The molecule has 0 bridgehead atoms. The molecule has 0 saturated carbocycles. The lowest BCUT2D eigenvalue weighted by Gasteiger charge is -2.19. The summed E-state index contributed by atoms with van der Waals surface area (Å²) >= 11 is 0. The fraction of sp³-hybridized carbons (Fsp3) is 0.360. The van der Waals surface area contributed by atoms with E-state index in [1.165, 1.54) is 13.3 Å². The Kier molecular flexibility index (Phi) is 10.6. The Morgan fingerprint density at radius 3 is 2.50 bits per heavy atom. The third-order valence-electron chi connectivity index (χ3n) is 4.64. The monoisotopic (exact) mass is 469 g/mol. The first-order valence-corrected chi connectivity index (χ1v) is 10.9. The van der Waals surface area contributed by atoms with E-state index in [0.29, 0.717) is 23.5 Å². The summed E-state index contributed by atoms with van der Waals surface area (Å²) in [5.74, 6) is -0.0882. The summed E-state index contributed by atoms with van der Waals surface area (Å²) in [5, 5.41) is 6.70. The Labute approximate surface area is 199 Å². The average molecular weight is 470 g/mol. The van der Waals surface area contributed by atoms with Crippen LogP contribution in [-0.4, -0.2) is 50.4 Å². The number of carbonyl (C=O) groups is 3. The first-order chi connectivity index (χ1) is 16.3. The zero-order chi connectivity index (χ0) is 24.9. The summed E-state index contributed by atoms with van der Waals surface area (Å²) in [6.07, 6.45) is 1.88. The molecule has 2 aromatic carbocycles. The van der Waals surface area contributed by atoms with Gasteiger partial charge in [-0.3, -0.25) is 9.59 Å². The Hall–Kier alpha value is -3.88. The lowest BCUT2D eigenvalue weighted by atomic mass is 10.0. The van der Waals surface area contributed by atoms with Gasteiger partial charge in [0.2, 0.25) is 0 Å². The van der Waals surface area contributed by atoms with E-state index in [9.17, 15) is 14.4 Å². The highest BCUT2D eigenvalue weighted by Gasteiger charge is 2.22. The number of hydrogen-bond donors (Lipinski definition) is 2. The molecule has 0 aliphatic heterocycles. The van der Waals surface area contributed by atoms with Gasteiger partial charge in [0.25, 0.3) is 11.8 Å². The first kappa shape index (κ1) is 26.4. The zero-order valence-electron chi connectivity index (χ0n) is 19.9. The molecule has 2 rings (SSSR count). The molecule has 2 amide bonds. The number of para-hydroxylation sites is 1. The van der Waals surface area contributed by atoms with Crippen molar-refractivity contribution in [3.05, 3.63) is 59.7 Å². The molecule has 1 atom stereocenters. The third-order valence-corrected chi connectivity index (χ3v) is 4.64. The van der Waals surface area contributed by atoms with E-state index < -0.39 is 23.8 Å². The summed E-state index contributed by atoms with van der Waals surface area (Å²) in [5.41, 5.74) is 4.03. The van der Waals surface area contributed by atoms with Crippen molar-refractivity contribution in [3.8, 4) is 11.5 Å². The SMILES string of the molecule is COC(=O)COc1cccc(/C=N\NC(=O)[C@H](CC(C)C)NC(=O)COc2ccccc2C)c1.